The number of benzene rings is 2. The van der Waals surface area contributed by atoms with Crippen molar-refractivity contribution >= 4 is 33.9 Å². The number of aromatic nitrogens is 2. The molecule has 0 saturated carbocycles. The van der Waals surface area contributed by atoms with Gasteiger partial charge < -0.3 is 9.84 Å². The first-order chi connectivity index (χ1) is 14.9. The predicted octanol–water partition coefficient (Wildman–Crippen LogP) is 3.87. The Labute approximate surface area is 181 Å². The van der Waals surface area contributed by atoms with E-state index in [4.69, 9.17) is 4.74 Å². The number of aryl methyl sites for hydroxylation is 1. The standard InChI is InChI=1S/C22H18FN3O4S/c1-3-16-24-25-22(31-16)26-18(13-5-4-6-15(11-13)30-2)17(20(28)21(26)29)19(27)12-7-9-14(23)10-8-12/h4-11,18,27H,3H2,1-2H3/b19-17+. The first-order valence-electron chi connectivity index (χ1n) is 9.47. The Bertz CT molecular complexity index is 1190. The minimum Gasteiger partial charge on any atom is -0.507 e. The smallest absolute Gasteiger partial charge is 0.301 e. The molecule has 0 spiro atoms. The molecule has 158 valence electrons. The van der Waals surface area contributed by atoms with E-state index in [1.54, 1.807) is 24.3 Å². The lowest BCUT2D eigenvalue weighted by Crippen LogP contribution is -2.29. The summed E-state index contributed by atoms with van der Waals surface area (Å²) in [5.74, 6) is -2.04. The van der Waals surface area contributed by atoms with Crippen LogP contribution in [0.15, 0.2) is 54.1 Å². The van der Waals surface area contributed by atoms with Crippen molar-refractivity contribution in [3.05, 3.63) is 76.1 Å². The lowest BCUT2D eigenvalue weighted by Gasteiger charge is -2.22. The van der Waals surface area contributed by atoms with E-state index in [-0.39, 0.29) is 16.3 Å². The van der Waals surface area contributed by atoms with Gasteiger partial charge in [-0.1, -0.05) is 30.4 Å². The number of rotatable bonds is 5. The maximum atomic E-state index is 13.4. The van der Waals surface area contributed by atoms with Crippen LogP contribution in [0.3, 0.4) is 0 Å². The summed E-state index contributed by atoms with van der Waals surface area (Å²) in [5.41, 5.74) is 0.660. The molecule has 1 aromatic heterocycles. The van der Waals surface area contributed by atoms with E-state index in [1.807, 2.05) is 6.92 Å². The highest BCUT2D eigenvalue weighted by molar-refractivity contribution is 7.15. The number of aliphatic hydroxyl groups is 1. The molecule has 3 aromatic rings. The Morgan fingerprint density at radius 2 is 1.94 bits per heavy atom. The SMILES string of the molecule is CCc1nnc(N2C(=O)C(=O)/C(=C(/O)c3ccc(F)cc3)C2c2cccc(OC)c2)s1. The van der Waals surface area contributed by atoms with Gasteiger partial charge in [-0.05, 0) is 48.4 Å². The molecule has 1 fully saturated rings. The molecule has 1 amide bonds. The number of carbonyl (C=O) groups excluding carboxylic acids is 2. The van der Waals surface area contributed by atoms with Gasteiger partial charge in [-0.2, -0.15) is 0 Å². The van der Waals surface area contributed by atoms with Gasteiger partial charge in [0.2, 0.25) is 5.13 Å². The van der Waals surface area contributed by atoms with Crippen LogP contribution in [0.25, 0.3) is 5.76 Å². The Kier molecular flexibility index (Phi) is 5.51. The van der Waals surface area contributed by atoms with E-state index in [2.05, 4.69) is 10.2 Å². The van der Waals surface area contributed by atoms with Gasteiger partial charge in [-0.25, -0.2) is 4.39 Å². The van der Waals surface area contributed by atoms with Gasteiger partial charge >= 0.3 is 5.91 Å². The van der Waals surface area contributed by atoms with Crippen molar-refractivity contribution in [2.75, 3.05) is 12.0 Å². The van der Waals surface area contributed by atoms with Gasteiger partial charge in [0.25, 0.3) is 5.78 Å². The first kappa shape index (κ1) is 20.7. The average Bonchev–Trinajstić information content (AvgIpc) is 3.36. The van der Waals surface area contributed by atoms with Gasteiger partial charge in [0, 0.05) is 5.56 Å². The lowest BCUT2D eigenvalue weighted by molar-refractivity contribution is -0.132. The third-order valence-electron chi connectivity index (χ3n) is 4.94. The minimum atomic E-state index is -0.946. The summed E-state index contributed by atoms with van der Waals surface area (Å²) in [5, 5.41) is 20.1. The number of ether oxygens (including phenoxy) is 1. The zero-order valence-corrected chi connectivity index (χ0v) is 17.5. The van der Waals surface area contributed by atoms with Crippen molar-refractivity contribution < 1.29 is 23.8 Å². The van der Waals surface area contributed by atoms with Gasteiger partial charge in [0.15, 0.2) is 0 Å². The zero-order chi connectivity index (χ0) is 22.1. The summed E-state index contributed by atoms with van der Waals surface area (Å²) < 4.78 is 18.6. The fourth-order valence-electron chi connectivity index (χ4n) is 3.41. The fraction of sp³-hybridized carbons (Fsp3) is 0.182. The second-order valence-electron chi connectivity index (χ2n) is 6.78. The minimum absolute atomic E-state index is 0.113. The quantitative estimate of drug-likeness (QED) is 0.369. The Morgan fingerprint density at radius 1 is 1.19 bits per heavy atom. The molecule has 0 radical (unpaired) electrons. The molecular formula is C22H18FN3O4S. The Balaban J connectivity index is 1.93. The van der Waals surface area contributed by atoms with E-state index in [0.29, 0.717) is 22.7 Å². The molecule has 4 rings (SSSR count). The van der Waals surface area contributed by atoms with Crippen LogP contribution in [0.5, 0.6) is 5.75 Å². The molecule has 31 heavy (non-hydrogen) atoms. The Hall–Kier alpha value is -3.59. The van der Waals surface area contributed by atoms with Crippen molar-refractivity contribution in [2.24, 2.45) is 0 Å². The van der Waals surface area contributed by atoms with Gasteiger partial charge in [0.1, 0.15) is 22.3 Å². The Morgan fingerprint density at radius 3 is 2.58 bits per heavy atom. The average molecular weight is 439 g/mol. The number of aliphatic hydroxyl groups excluding tert-OH is 1. The number of amides is 1. The van der Waals surface area contributed by atoms with Gasteiger partial charge in [-0.15, -0.1) is 10.2 Å². The van der Waals surface area contributed by atoms with Crippen molar-refractivity contribution in [3.63, 3.8) is 0 Å². The van der Waals surface area contributed by atoms with Crippen LogP contribution in [0, 0.1) is 5.82 Å². The molecule has 2 heterocycles. The molecule has 9 heteroatoms. The molecule has 1 unspecified atom stereocenters. The highest BCUT2D eigenvalue weighted by Crippen LogP contribution is 2.43. The number of anilines is 1. The van der Waals surface area contributed by atoms with Crippen LogP contribution in [0.4, 0.5) is 9.52 Å². The molecule has 1 N–H and O–H groups in total. The second-order valence-corrected chi connectivity index (χ2v) is 7.83. The number of carbonyl (C=O) groups is 2. The second kappa shape index (κ2) is 8.27. The lowest BCUT2D eigenvalue weighted by atomic mass is 9.95. The van der Waals surface area contributed by atoms with E-state index in [9.17, 15) is 19.1 Å². The highest BCUT2D eigenvalue weighted by Gasteiger charge is 2.48. The van der Waals surface area contributed by atoms with E-state index >= 15 is 0 Å². The summed E-state index contributed by atoms with van der Waals surface area (Å²) in [6.07, 6.45) is 0.626. The van der Waals surface area contributed by atoms with Crippen molar-refractivity contribution in [1.82, 2.24) is 10.2 Å². The summed E-state index contributed by atoms with van der Waals surface area (Å²) in [6, 6.07) is 11.0. The number of hydrogen-bond donors (Lipinski definition) is 1. The van der Waals surface area contributed by atoms with Crippen molar-refractivity contribution in [3.8, 4) is 5.75 Å². The zero-order valence-electron chi connectivity index (χ0n) is 16.7. The van der Waals surface area contributed by atoms with Crippen LogP contribution in [-0.2, 0) is 16.0 Å². The number of nitrogens with zero attached hydrogens (tertiary/aromatic N) is 3. The monoisotopic (exact) mass is 439 g/mol. The first-order valence-corrected chi connectivity index (χ1v) is 10.3. The number of ketones is 1. The van der Waals surface area contributed by atoms with Crippen LogP contribution < -0.4 is 9.64 Å². The molecule has 1 atom stereocenters. The third kappa shape index (κ3) is 3.68. The highest BCUT2D eigenvalue weighted by atomic mass is 32.1. The van der Waals surface area contributed by atoms with Crippen LogP contribution >= 0.6 is 11.3 Å². The van der Waals surface area contributed by atoms with Crippen molar-refractivity contribution in [1.29, 1.82) is 0 Å². The summed E-state index contributed by atoms with van der Waals surface area (Å²) >= 11 is 1.20. The number of Topliss-reactive ketones (excluding diaryl/α,β-unsaturated/α-hetero) is 1. The molecule has 1 saturated heterocycles. The predicted molar refractivity (Wildman–Crippen MR) is 113 cm³/mol. The molecule has 2 aromatic carbocycles. The maximum absolute atomic E-state index is 13.4. The van der Waals surface area contributed by atoms with Crippen LogP contribution in [-0.4, -0.2) is 34.1 Å². The fourth-order valence-corrected chi connectivity index (χ4v) is 4.21. The van der Waals surface area contributed by atoms with E-state index < -0.39 is 29.3 Å². The molecule has 1 aliphatic heterocycles. The van der Waals surface area contributed by atoms with E-state index in [1.165, 1.54) is 47.6 Å². The number of hydrogen-bond acceptors (Lipinski definition) is 7. The topological polar surface area (TPSA) is 92.6 Å². The number of methoxy groups -OCH3 is 1. The van der Waals surface area contributed by atoms with Crippen LogP contribution in [0.1, 0.15) is 29.1 Å². The van der Waals surface area contributed by atoms with Crippen molar-refractivity contribution in [2.45, 2.75) is 19.4 Å². The molecule has 1 aliphatic rings. The van der Waals surface area contributed by atoms with Crippen LogP contribution in [0.2, 0.25) is 0 Å². The molecular weight excluding hydrogens is 421 g/mol. The molecule has 0 aliphatic carbocycles. The van der Waals surface area contributed by atoms with Gasteiger partial charge in [-0.3, -0.25) is 14.5 Å². The van der Waals surface area contributed by atoms with E-state index in [0.717, 1.165) is 0 Å². The maximum Gasteiger partial charge on any atom is 0.301 e. The number of halogens is 1. The summed E-state index contributed by atoms with van der Waals surface area (Å²) in [6.45, 7) is 1.91. The third-order valence-corrected chi connectivity index (χ3v) is 6.00. The molecule has 0 bridgehead atoms. The summed E-state index contributed by atoms with van der Waals surface area (Å²) in [7, 11) is 1.51. The largest absolute Gasteiger partial charge is 0.507 e. The molecule has 7 nitrogen and oxygen atoms in total. The normalized spacial score (nSPS) is 17.9. The summed E-state index contributed by atoms with van der Waals surface area (Å²) in [4.78, 5) is 27.3. The van der Waals surface area contributed by atoms with Gasteiger partial charge in [0.05, 0.1) is 18.7 Å².